The van der Waals surface area contributed by atoms with Crippen molar-refractivity contribution in [2.24, 2.45) is 0 Å². The molecule has 3 heterocycles. The van der Waals surface area contributed by atoms with Crippen molar-refractivity contribution in [3.63, 3.8) is 0 Å². The van der Waals surface area contributed by atoms with Gasteiger partial charge in [-0.2, -0.15) is 5.10 Å². The summed E-state index contributed by atoms with van der Waals surface area (Å²) >= 11 is 4.81. The fourth-order valence-electron chi connectivity index (χ4n) is 2.59. The molecule has 6 nitrogen and oxygen atoms in total. The second-order valence-electron chi connectivity index (χ2n) is 5.74. The van der Waals surface area contributed by atoms with Crippen LogP contribution in [0.25, 0.3) is 17.1 Å². The van der Waals surface area contributed by atoms with Crippen LogP contribution in [0.5, 0.6) is 0 Å². The fraction of sp³-hybridized carbons (Fsp3) is 0.0526. The van der Waals surface area contributed by atoms with Crippen molar-refractivity contribution in [2.75, 3.05) is 5.32 Å². The summed E-state index contributed by atoms with van der Waals surface area (Å²) in [5.41, 5.74) is 3.02. The summed E-state index contributed by atoms with van der Waals surface area (Å²) in [5, 5.41) is 9.60. The first kappa shape index (κ1) is 17.6. The quantitative estimate of drug-likeness (QED) is 0.499. The number of pyridine rings is 1. The summed E-state index contributed by atoms with van der Waals surface area (Å²) in [6.07, 6.45) is 3.23. The number of anilines is 1. The smallest absolute Gasteiger partial charge is 0.260 e. The summed E-state index contributed by atoms with van der Waals surface area (Å²) in [6, 6.07) is 13.4. The Morgan fingerprint density at radius 3 is 2.74 bits per heavy atom. The summed E-state index contributed by atoms with van der Waals surface area (Å²) in [4.78, 5) is 21.4. The number of halogens is 1. The van der Waals surface area contributed by atoms with Gasteiger partial charge in [-0.25, -0.2) is 14.6 Å². The van der Waals surface area contributed by atoms with Gasteiger partial charge >= 0.3 is 0 Å². The van der Waals surface area contributed by atoms with Crippen LogP contribution in [-0.4, -0.2) is 25.7 Å². The third-order valence-electron chi connectivity index (χ3n) is 3.99. The van der Waals surface area contributed by atoms with Crippen LogP contribution in [0, 0.1) is 6.92 Å². The minimum absolute atomic E-state index is 0.244. The summed E-state index contributed by atoms with van der Waals surface area (Å²) in [6.45, 7) is 1.84. The zero-order valence-corrected chi connectivity index (χ0v) is 16.7. The van der Waals surface area contributed by atoms with Crippen LogP contribution in [0.1, 0.15) is 16.1 Å². The molecule has 3 aromatic heterocycles. The van der Waals surface area contributed by atoms with Gasteiger partial charge in [-0.15, -0.1) is 11.3 Å². The van der Waals surface area contributed by atoms with E-state index in [9.17, 15) is 4.79 Å². The zero-order chi connectivity index (χ0) is 18.8. The van der Waals surface area contributed by atoms with E-state index in [0.717, 1.165) is 21.4 Å². The lowest BCUT2D eigenvalue weighted by Gasteiger charge is -2.04. The number of hydrogen-bond acceptors (Lipinski definition) is 5. The summed E-state index contributed by atoms with van der Waals surface area (Å²) in [7, 11) is 0. The monoisotopic (exact) mass is 439 g/mol. The lowest BCUT2D eigenvalue weighted by molar-refractivity contribution is 0.102. The number of nitrogens with zero attached hydrogens (tertiary/aromatic N) is 4. The molecule has 4 rings (SSSR count). The Balaban J connectivity index is 1.53. The van der Waals surface area contributed by atoms with E-state index in [-0.39, 0.29) is 5.91 Å². The number of hydrogen-bond donors (Lipinski definition) is 1. The molecule has 1 N–H and O–H groups in total. The molecule has 0 spiro atoms. The Morgan fingerprint density at radius 1 is 1.19 bits per heavy atom. The van der Waals surface area contributed by atoms with Gasteiger partial charge in [-0.05, 0) is 31.2 Å². The first-order valence-corrected chi connectivity index (χ1v) is 9.78. The molecule has 27 heavy (non-hydrogen) atoms. The van der Waals surface area contributed by atoms with Crippen molar-refractivity contribution in [1.82, 2.24) is 19.7 Å². The molecule has 0 saturated carbocycles. The highest BCUT2D eigenvalue weighted by molar-refractivity contribution is 9.10. The van der Waals surface area contributed by atoms with Crippen LogP contribution in [0.15, 0.2) is 64.7 Å². The third kappa shape index (κ3) is 3.67. The van der Waals surface area contributed by atoms with Gasteiger partial charge in [0.05, 0.1) is 23.1 Å². The molecule has 0 bridgehead atoms. The van der Waals surface area contributed by atoms with Crippen LogP contribution in [-0.2, 0) is 0 Å². The maximum Gasteiger partial charge on any atom is 0.260 e. The standard InChI is InChI=1S/C19H14BrN5OS/c1-12-15(10-22-25(12)17-4-2-3-9-21-17)18(26)24-19-23-16(11-27-19)13-5-7-14(20)8-6-13/h2-11H,1H3,(H,23,24,26). The van der Waals surface area contributed by atoms with Crippen molar-refractivity contribution >= 4 is 38.3 Å². The van der Waals surface area contributed by atoms with Crippen molar-refractivity contribution < 1.29 is 4.79 Å². The summed E-state index contributed by atoms with van der Waals surface area (Å²) in [5.74, 6) is 0.423. The molecule has 134 valence electrons. The molecule has 0 saturated heterocycles. The molecule has 0 aliphatic carbocycles. The average Bonchev–Trinajstić information content (AvgIpc) is 3.30. The van der Waals surface area contributed by atoms with Crippen LogP contribution >= 0.6 is 27.3 Å². The molecule has 8 heteroatoms. The number of rotatable bonds is 4. The molecular weight excluding hydrogens is 426 g/mol. The molecule has 4 aromatic rings. The van der Waals surface area contributed by atoms with Gasteiger partial charge < -0.3 is 0 Å². The molecular formula is C19H14BrN5OS. The zero-order valence-electron chi connectivity index (χ0n) is 14.3. The molecule has 0 aliphatic rings. The number of carbonyl (C=O) groups excluding carboxylic acids is 1. The van der Waals surface area contributed by atoms with Crippen molar-refractivity contribution in [2.45, 2.75) is 6.92 Å². The van der Waals surface area contributed by atoms with E-state index in [4.69, 9.17) is 0 Å². The van der Waals surface area contributed by atoms with Gasteiger partial charge in [-0.3, -0.25) is 10.1 Å². The Bertz CT molecular complexity index is 1090. The molecule has 1 amide bonds. The molecule has 0 atom stereocenters. The first-order valence-electron chi connectivity index (χ1n) is 8.10. The Labute approximate surface area is 168 Å². The highest BCUT2D eigenvalue weighted by Gasteiger charge is 2.17. The second-order valence-corrected chi connectivity index (χ2v) is 7.52. The SMILES string of the molecule is Cc1c(C(=O)Nc2nc(-c3ccc(Br)cc3)cs2)cnn1-c1ccccn1. The molecule has 0 fully saturated rings. The highest BCUT2D eigenvalue weighted by Crippen LogP contribution is 2.26. The molecule has 1 aromatic carbocycles. The lowest BCUT2D eigenvalue weighted by atomic mass is 10.2. The van der Waals surface area contributed by atoms with Gasteiger partial charge in [0.15, 0.2) is 10.9 Å². The maximum atomic E-state index is 12.6. The van der Waals surface area contributed by atoms with E-state index in [1.807, 2.05) is 54.8 Å². The normalized spacial score (nSPS) is 10.7. The van der Waals surface area contributed by atoms with E-state index >= 15 is 0 Å². The van der Waals surface area contributed by atoms with Crippen LogP contribution in [0.2, 0.25) is 0 Å². The lowest BCUT2D eigenvalue weighted by Crippen LogP contribution is -2.13. The van der Waals surface area contributed by atoms with Crippen LogP contribution in [0.3, 0.4) is 0 Å². The fourth-order valence-corrected chi connectivity index (χ4v) is 3.57. The van der Waals surface area contributed by atoms with E-state index < -0.39 is 0 Å². The number of thiazole rings is 1. The highest BCUT2D eigenvalue weighted by atomic mass is 79.9. The van der Waals surface area contributed by atoms with Crippen LogP contribution < -0.4 is 5.32 Å². The summed E-state index contributed by atoms with van der Waals surface area (Å²) < 4.78 is 2.65. The van der Waals surface area contributed by atoms with Crippen molar-refractivity contribution in [3.05, 3.63) is 76.0 Å². The molecule has 0 radical (unpaired) electrons. The number of amides is 1. The van der Waals surface area contributed by atoms with Gasteiger partial charge in [0.1, 0.15) is 0 Å². The number of nitrogens with one attached hydrogen (secondary N) is 1. The van der Waals surface area contributed by atoms with E-state index in [0.29, 0.717) is 16.5 Å². The van der Waals surface area contributed by atoms with Gasteiger partial charge in [0, 0.05) is 21.6 Å². The number of carbonyl (C=O) groups is 1. The Morgan fingerprint density at radius 2 is 2.00 bits per heavy atom. The van der Waals surface area contributed by atoms with Gasteiger partial charge in [0.25, 0.3) is 5.91 Å². The van der Waals surface area contributed by atoms with Crippen LogP contribution in [0.4, 0.5) is 5.13 Å². The minimum atomic E-state index is -0.244. The minimum Gasteiger partial charge on any atom is -0.298 e. The van der Waals surface area contributed by atoms with Crippen molar-refractivity contribution in [3.8, 4) is 17.1 Å². The maximum absolute atomic E-state index is 12.6. The van der Waals surface area contributed by atoms with E-state index in [1.165, 1.54) is 11.3 Å². The second kappa shape index (κ2) is 7.42. The van der Waals surface area contributed by atoms with Crippen molar-refractivity contribution in [1.29, 1.82) is 0 Å². The molecule has 0 aliphatic heterocycles. The average molecular weight is 440 g/mol. The van der Waals surface area contributed by atoms with E-state index in [1.54, 1.807) is 17.1 Å². The van der Waals surface area contributed by atoms with Gasteiger partial charge in [-0.1, -0.05) is 34.1 Å². The topological polar surface area (TPSA) is 72.7 Å². The van der Waals surface area contributed by atoms with E-state index in [2.05, 4.69) is 36.3 Å². The first-order chi connectivity index (χ1) is 13.1. The van der Waals surface area contributed by atoms with Gasteiger partial charge in [0.2, 0.25) is 0 Å². The third-order valence-corrected chi connectivity index (χ3v) is 5.27. The Kier molecular flexibility index (Phi) is 4.83. The Hall–Kier alpha value is -2.84. The predicted molar refractivity (Wildman–Crippen MR) is 109 cm³/mol. The predicted octanol–water partition coefficient (Wildman–Crippen LogP) is 4.71. The largest absolute Gasteiger partial charge is 0.298 e. The number of aromatic nitrogens is 4. The number of benzene rings is 1. The molecule has 0 unspecified atom stereocenters.